The van der Waals surface area contributed by atoms with Crippen molar-refractivity contribution in [3.8, 4) is 0 Å². The molecule has 2 N–H and O–H groups in total. The van der Waals surface area contributed by atoms with E-state index in [2.05, 4.69) is 11.9 Å². The molecular weight excluding hydrogens is 208 g/mol. The van der Waals surface area contributed by atoms with Crippen molar-refractivity contribution in [1.82, 2.24) is 4.98 Å². The number of aromatic nitrogens is 1. The largest absolute Gasteiger partial charge is 0.398 e. The molecule has 3 heteroatoms. The highest BCUT2D eigenvalue weighted by Crippen LogP contribution is 2.23. The molecule has 0 fully saturated rings. The number of fused-ring (bicyclic) bond motifs is 1. The fraction of sp³-hybridized carbons (Fsp3) is 0.250. The highest BCUT2D eigenvalue weighted by Gasteiger charge is 2.03. The third-order valence-electron chi connectivity index (χ3n) is 2.36. The Morgan fingerprint density at radius 3 is 2.87 bits per heavy atom. The molecule has 0 unspecified atom stereocenters. The van der Waals surface area contributed by atoms with Crippen molar-refractivity contribution in [3.63, 3.8) is 0 Å². The van der Waals surface area contributed by atoms with Crippen LogP contribution < -0.4 is 5.73 Å². The van der Waals surface area contributed by atoms with Crippen molar-refractivity contribution in [2.75, 3.05) is 5.73 Å². The van der Waals surface area contributed by atoms with E-state index in [0.29, 0.717) is 5.02 Å². The van der Waals surface area contributed by atoms with Gasteiger partial charge >= 0.3 is 0 Å². The summed E-state index contributed by atoms with van der Waals surface area (Å²) >= 11 is 5.92. The average molecular weight is 221 g/mol. The summed E-state index contributed by atoms with van der Waals surface area (Å²) in [6.07, 6.45) is 2.02. The van der Waals surface area contributed by atoms with Crippen LogP contribution in [0.5, 0.6) is 0 Å². The van der Waals surface area contributed by atoms with Crippen LogP contribution in [0.4, 0.5) is 5.69 Å². The van der Waals surface area contributed by atoms with E-state index >= 15 is 0 Å². The number of pyridine rings is 1. The zero-order chi connectivity index (χ0) is 10.8. The molecule has 0 saturated carbocycles. The molecule has 78 valence electrons. The number of nitrogens with two attached hydrogens (primary N) is 1. The molecule has 0 aliphatic heterocycles. The van der Waals surface area contributed by atoms with Crippen molar-refractivity contribution in [1.29, 1.82) is 0 Å². The summed E-state index contributed by atoms with van der Waals surface area (Å²) in [5.41, 5.74) is 8.64. The van der Waals surface area contributed by atoms with Gasteiger partial charge in [-0.15, -0.1) is 0 Å². The summed E-state index contributed by atoms with van der Waals surface area (Å²) in [5.74, 6) is 0. The number of nitrogen functional groups attached to an aromatic ring is 1. The fourth-order valence-corrected chi connectivity index (χ4v) is 1.84. The predicted octanol–water partition coefficient (Wildman–Crippen LogP) is 3.42. The van der Waals surface area contributed by atoms with Gasteiger partial charge in [-0.05, 0) is 30.7 Å². The van der Waals surface area contributed by atoms with Crippen LogP contribution in [0.25, 0.3) is 10.9 Å². The van der Waals surface area contributed by atoms with Crippen LogP contribution >= 0.6 is 11.6 Å². The Balaban J connectivity index is 2.63. The lowest BCUT2D eigenvalue weighted by Gasteiger charge is -2.05. The van der Waals surface area contributed by atoms with Gasteiger partial charge < -0.3 is 5.73 Å². The van der Waals surface area contributed by atoms with Crippen molar-refractivity contribution in [3.05, 3.63) is 35.0 Å². The maximum absolute atomic E-state index is 5.95. The summed E-state index contributed by atoms with van der Waals surface area (Å²) in [6, 6.07) is 7.54. The monoisotopic (exact) mass is 220 g/mol. The van der Waals surface area contributed by atoms with Gasteiger partial charge in [0, 0.05) is 21.8 Å². The Morgan fingerprint density at radius 1 is 1.33 bits per heavy atom. The normalized spacial score (nSPS) is 10.8. The first-order valence-electron chi connectivity index (χ1n) is 5.05. The number of aryl methyl sites for hydroxylation is 1. The van der Waals surface area contributed by atoms with Crippen LogP contribution in [-0.2, 0) is 6.42 Å². The predicted molar refractivity (Wildman–Crippen MR) is 65.2 cm³/mol. The second-order valence-electron chi connectivity index (χ2n) is 3.61. The van der Waals surface area contributed by atoms with Gasteiger partial charge in [-0.1, -0.05) is 24.9 Å². The standard InChI is InChI=1S/C12H13ClN2/c1-2-3-9-7-11(14)10-5-4-8(13)6-12(10)15-9/h4-7H,2-3H2,1H3,(H2,14,15). The SMILES string of the molecule is CCCc1cc(N)c2ccc(Cl)cc2n1. The number of halogens is 1. The Kier molecular flexibility index (Phi) is 2.78. The number of nitrogens with zero attached hydrogens (tertiary/aromatic N) is 1. The number of anilines is 1. The molecule has 0 bridgehead atoms. The van der Waals surface area contributed by atoms with E-state index in [0.717, 1.165) is 35.1 Å². The fourth-order valence-electron chi connectivity index (χ4n) is 1.67. The molecule has 2 rings (SSSR count). The Labute approximate surface area is 94.1 Å². The summed E-state index contributed by atoms with van der Waals surface area (Å²) in [4.78, 5) is 4.52. The average Bonchev–Trinajstić information content (AvgIpc) is 2.17. The third kappa shape index (κ3) is 2.05. The molecule has 2 aromatic rings. The van der Waals surface area contributed by atoms with E-state index in [1.165, 1.54) is 0 Å². The molecule has 0 saturated heterocycles. The minimum Gasteiger partial charge on any atom is -0.398 e. The number of benzene rings is 1. The lowest BCUT2D eigenvalue weighted by atomic mass is 10.1. The van der Waals surface area contributed by atoms with Crippen molar-refractivity contribution < 1.29 is 0 Å². The summed E-state index contributed by atoms with van der Waals surface area (Å²) in [5, 5.41) is 1.67. The van der Waals surface area contributed by atoms with E-state index in [9.17, 15) is 0 Å². The Hall–Kier alpha value is -1.28. The second kappa shape index (κ2) is 4.07. The van der Waals surface area contributed by atoms with E-state index in [4.69, 9.17) is 17.3 Å². The zero-order valence-electron chi connectivity index (χ0n) is 8.63. The van der Waals surface area contributed by atoms with Crippen LogP contribution in [-0.4, -0.2) is 4.98 Å². The smallest absolute Gasteiger partial charge is 0.0740 e. The first kappa shape index (κ1) is 10.2. The maximum atomic E-state index is 5.95. The van der Waals surface area contributed by atoms with Crippen molar-refractivity contribution >= 4 is 28.2 Å². The minimum atomic E-state index is 0.697. The highest BCUT2D eigenvalue weighted by atomic mass is 35.5. The van der Waals surface area contributed by atoms with Gasteiger partial charge in [0.15, 0.2) is 0 Å². The van der Waals surface area contributed by atoms with Gasteiger partial charge in [-0.2, -0.15) is 0 Å². The molecular formula is C12H13ClN2. The lowest BCUT2D eigenvalue weighted by molar-refractivity contribution is 0.890. The van der Waals surface area contributed by atoms with Gasteiger partial charge in [0.1, 0.15) is 0 Å². The van der Waals surface area contributed by atoms with Gasteiger partial charge in [0.05, 0.1) is 5.52 Å². The van der Waals surface area contributed by atoms with Gasteiger partial charge in [-0.25, -0.2) is 0 Å². The van der Waals surface area contributed by atoms with Crippen LogP contribution in [0.2, 0.25) is 5.02 Å². The molecule has 0 spiro atoms. The molecule has 1 aromatic heterocycles. The zero-order valence-corrected chi connectivity index (χ0v) is 9.38. The quantitative estimate of drug-likeness (QED) is 0.842. The molecule has 0 radical (unpaired) electrons. The number of rotatable bonds is 2. The molecule has 1 heterocycles. The summed E-state index contributed by atoms with van der Waals surface area (Å²) in [7, 11) is 0. The lowest BCUT2D eigenvalue weighted by Crippen LogP contribution is -1.95. The molecule has 15 heavy (non-hydrogen) atoms. The van der Waals surface area contributed by atoms with Crippen LogP contribution in [0.1, 0.15) is 19.0 Å². The third-order valence-corrected chi connectivity index (χ3v) is 2.60. The molecule has 1 aromatic carbocycles. The van der Waals surface area contributed by atoms with E-state index in [1.54, 1.807) is 0 Å². The van der Waals surface area contributed by atoms with E-state index < -0.39 is 0 Å². The molecule has 2 nitrogen and oxygen atoms in total. The molecule has 0 atom stereocenters. The number of hydrogen-bond acceptors (Lipinski definition) is 2. The highest BCUT2D eigenvalue weighted by molar-refractivity contribution is 6.31. The minimum absolute atomic E-state index is 0.697. The van der Waals surface area contributed by atoms with E-state index in [-0.39, 0.29) is 0 Å². The molecule has 0 aliphatic carbocycles. The Bertz CT molecular complexity index is 494. The van der Waals surface area contributed by atoms with Gasteiger partial charge in [0.2, 0.25) is 0 Å². The van der Waals surface area contributed by atoms with Crippen molar-refractivity contribution in [2.45, 2.75) is 19.8 Å². The molecule has 0 amide bonds. The van der Waals surface area contributed by atoms with Gasteiger partial charge in [0.25, 0.3) is 0 Å². The second-order valence-corrected chi connectivity index (χ2v) is 4.05. The van der Waals surface area contributed by atoms with Gasteiger partial charge in [-0.3, -0.25) is 4.98 Å². The molecule has 0 aliphatic rings. The maximum Gasteiger partial charge on any atom is 0.0740 e. The summed E-state index contributed by atoms with van der Waals surface area (Å²) < 4.78 is 0. The number of hydrogen-bond donors (Lipinski definition) is 1. The Morgan fingerprint density at radius 2 is 2.13 bits per heavy atom. The first-order chi connectivity index (χ1) is 7.20. The van der Waals surface area contributed by atoms with Crippen LogP contribution in [0.15, 0.2) is 24.3 Å². The summed E-state index contributed by atoms with van der Waals surface area (Å²) in [6.45, 7) is 2.13. The van der Waals surface area contributed by atoms with Crippen molar-refractivity contribution in [2.24, 2.45) is 0 Å². The first-order valence-corrected chi connectivity index (χ1v) is 5.43. The van der Waals surface area contributed by atoms with Crippen LogP contribution in [0.3, 0.4) is 0 Å². The topological polar surface area (TPSA) is 38.9 Å². The van der Waals surface area contributed by atoms with E-state index in [1.807, 2.05) is 24.3 Å². The van der Waals surface area contributed by atoms with Crippen LogP contribution in [0, 0.1) is 0 Å².